The molecule has 1 aliphatic carbocycles. The zero-order valence-corrected chi connectivity index (χ0v) is 43.5. The van der Waals surface area contributed by atoms with Gasteiger partial charge in [-0.05, 0) is 73.4 Å². The number of benzene rings is 2. The smallest absolute Gasteiger partial charge is 0.264 e. The summed E-state index contributed by atoms with van der Waals surface area (Å²) in [6.45, 7) is 14.0. The lowest BCUT2D eigenvalue weighted by Crippen LogP contribution is -2.74. The van der Waals surface area contributed by atoms with Gasteiger partial charge in [0.25, 0.3) is 12.3 Å². The summed E-state index contributed by atoms with van der Waals surface area (Å²) in [7, 11) is 1.79. The molecule has 4 aliphatic heterocycles. The fraction of sp³-hybridized carbons (Fsp3) is 0.491. The summed E-state index contributed by atoms with van der Waals surface area (Å²) in [4.78, 5) is 46.8. The first-order valence-corrected chi connectivity index (χ1v) is 26.2. The second-order valence-corrected chi connectivity index (χ2v) is 22.5. The lowest BCUT2D eigenvalue weighted by Gasteiger charge is -2.63. The first-order chi connectivity index (χ1) is 35.5. The SMILES string of the molecule is CC(=O)N1CCc2c(c(N3CCCc4cc(-c5cnn(C)c5)c(C(F)F)cc43)nn2C2CCn3c(cnc3CC3CCN(c4ncc(C(=O)NC5C(C)(C)C(Oc6ccc(C#N)c(Cl)c6)C5(C)C)cn4)CC3)C2)C1. The molecule has 4 aromatic heterocycles. The molecular formula is C55H62ClF2N13O3. The lowest BCUT2D eigenvalue weighted by molar-refractivity contribution is -0.164. The van der Waals surface area contributed by atoms with Crippen molar-refractivity contribution in [3.63, 3.8) is 0 Å². The minimum atomic E-state index is -2.67. The zero-order valence-electron chi connectivity index (χ0n) is 42.8. The Hall–Kier alpha value is -6.87. The number of aromatic nitrogens is 8. The molecule has 1 N–H and O–H groups in total. The van der Waals surface area contributed by atoms with E-state index in [0.717, 1.165) is 98.7 Å². The number of hydrogen-bond acceptors (Lipinski definition) is 11. The largest absolute Gasteiger partial charge is 0.489 e. The van der Waals surface area contributed by atoms with Crippen molar-refractivity contribution in [3.8, 4) is 22.9 Å². The molecule has 2 aromatic carbocycles. The van der Waals surface area contributed by atoms with Crippen molar-refractivity contribution in [1.29, 1.82) is 5.26 Å². The summed E-state index contributed by atoms with van der Waals surface area (Å²) < 4.78 is 42.3. The van der Waals surface area contributed by atoms with E-state index in [0.29, 0.717) is 70.9 Å². The number of carbonyl (C=O) groups is 2. The van der Waals surface area contributed by atoms with E-state index in [9.17, 15) is 23.6 Å². The van der Waals surface area contributed by atoms with Crippen molar-refractivity contribution >= 4 is 40.9 Å². The second-order valence-electron chi connectivity index (χ2n) is 22.1. The van der Waals surface area contributed by atoms with Crippen molar-refractivity contribution in [1.82, 2.24) is 49.3 Å². The normalized spacial score (nSPS) is 21.1. The van der Waals surface area contributed by atoms with Crippen LogP contribution >= 0.6 is 11.6 Å². The maximum absolute atomic E-state index is 14.8. The van der Waals surface area contributed by atoms with Crippen LogP contribution < -0.4 is 19.9 Å². The number of hydrogen-bond donors (Lipinski definition) is 1. The van der Waals surface area contributed by atoms with Gasteiger partial charge in [0.2, 0.25) is 11.9 Å². The summed E-state index contributed by atoms with van der Waals surface area (Å²) in [6.07, 6.45) is 12.5. The maximum Gasteiger partial charge on any atom is 0.264 e. The predicted molar refractivity (Wildman–Crippen MR) is 276 cm³/mol. The van der Waals surface area contributed by atoms with Gasteiger partial charge in [-0.3, -0.25) is 19.0 Å². The second kappa shape index (κ2) is 19.1. The number of nitriles is 1. The molecule has 1 saturated carbocycles. The van der Waals surface area contributed by atoms with Crippen LogP contribution in [0.1, 0.15) is 123 Å². The van der Waals surface area contributed by atoms with E-state index < -0.39 is 17.3 Å². The van der Waals surface area contributed by atoms with Gasteiger partial charge in [0.05, 0.1) is 34.9 Å². The van der Waals surface area contributed by atoms with Crippen LogP contribution in [0.5, 0.6) is 5.75 Å². The number of carbonyl (C=O) groups excluding carboxylic acids is 2. The molecule has 74 heavy (non-hydrogen) atoms. The average Bonchev–Trinajstić information content (AvgIpc) is 4.13. The molecule has 1 unspecified atom stereocenters. The number of alkyl halides is 2. The molecule has 0 bridgehead atoms. The Balaban J connectivity index is 0.729. The zero-order chi connectivity index (χ0) is 51.8. The molecule has 1 atom stereocenters. The minimum absolute atomic E-state index is 0.00704. The molecule has 6 aromatic rings. The van der Waals surface area contributed by atoms with E-state index in [1.54, 1.807) is 67.7 Å². The van der Waals surface area contributed by atoms with Gasteiger partial charge in [-0.2, -0.15) is 15.5 Å². The molecule has 0 spiro atoms. The van der Waals surface area contributed by atoms with Crippen molar-refractivity contribution < 1.29 is 23.1 Å². The third-order valence-electron chi connectivity index (χ3n) is 16.6. The molecule has 386 valence electrons. The van der Waals surface area contributed by atoms with Gasteiger partial charge in [-0.15, -0.1) is 0 Å². The molecule has 19 heteroatoms. The van der Waals surface area contributed by atoms with Crippen molar-refractivity contribution in [2.24, 2.45) is 23.8 Å². The first-order valence-electron chi connectivity index (χ1n) is 25.8. The number of piperidine rings is 1. The van der Waals surface area contributed by atoms with Crippen LogP contribution in [-0.2, 0) is 50.6 Å². The predicted octanol–water partition coefficient (Wildman–Crippen LogP) is 8.98. The van der Waals surface area contributed by atoms with E-state index in [1.807, 2.05) is 17.2 Å². The molecule has 5 aliphatic rings. The highest BCUT2D eigenvalue weighted by atomic mass is 35.5. The van der Waals surface area contributed by atoms with Crippen LogP contribution in [0.3, 0.4) is 0 Å². The number of nitrogens with zero attached hydrogens (tertiary/aromatic N) is 12. The van der Waals surface area contributed by atoms with Crippen LogP contribution in [0, 0.1) is 28.1 Å². The van der Waals surface area contributed by atoms with Crippen LogP contribution in [0.4, 0.5) is 26.2 Å². The number of halogens is 3. The number of fused-ring (bicyclic) bond motifs is 3. The molecular weight excluding hydrogens is 964 g/mol. The van der Waals surface area contributed by atoms with Gasteiger partial charge in [0, 0.05) is 147 Å². The number of anilines is 3. The van der Waals surface area contributed by atoms with Gasteiger partial charge in [0.15, 0.2) is 5.82 Å². The Morgan fingerprint density at radius 3 is 2.42 bits per heavy atom. The van der Waals surface area contributed by atoms with E-state index in [4.69, 9.17) is 26.4 Å². The summed E-state index contributed by atoms with van der Waals surface area (Å²) in [5.41, 5.74) is 6.17. The fourth-order valence-corrected chi connectivity index (χ4v) is 13.2. The lowest BCUT2D eigenvalue weighted by atomic mass is 9.49. The quantitative estimate of drug-likeness (QED) is 0.132. The standard InChI is InChI=1S/C55H62ClF2N13O3/c1-32(72)68-18-14-45-43(31-68)49(70-15-7-8-34-21-41(37-28-63-66(6)30-37)42(48(57)58)24-46(34)70)65-71(45)38-13-19-69-39(22-38)29-60-47(69)20-33-11-16-67(17-12-33)53-61-26-36(27-62-53)50(73)64-51-54(2,3)52(55(51,4)5)74-40-10-9-35(25-59)44(56)23-40/h9-10,21,23-24,26-30,33,38,48,51-52H,7-8,11-20,22,31H2,1-6H3,(H,64,73). The van der Waals surface area contributed by atoms with Gasteiger partial charge in [-0.1, -0.05) is 39.3 Å². The first kappa shape index (κ1) is 49.3. The van der Waals surface area contributed by atoms with Gasteiger partial charge in [-0.25, -0.2) is 23.7 Å². The van der Waals surface area contributed by atoms with Gasteiger partial charge >= 0.3 is 0 Å². The summed E-state index contributed by atoms with van der Waals surface area (Å²) in [6, 6.07) is 10.6. The van der Waals surface area contributed by atoms with Crippen molar-refractivity contribution in [3.05, 3.63) is 111 Å². The molecule has 2 fully saturated rings. The fourth-order valence-electron chi connectivity index (χ4n) is 13.0. The molecule has 1 saturated heterocycles. The minimum Gasteiger partial charge on any atom is -0.489 e. The highest BCUT2D eigenvalue weighted by Crippen LogP contribution is 2.56. The monoisotopic (exact) mass is 1030 g/mol. The summed E-state index contributed by atoms with van der Waals surface area (Å²) in [5.74, 6) is 3.26. The van der Waals surface area contributed by atoms with Crippen LogP contribution in [0.15, 0.2) is 61.3 Å². The highest BCUT2D eigenvalue weighted by Gasteiger charge is 2.64. The van der Waals surface area contributed by atoms with E-state index in [2.05, 4.69) is 73.2 Å². The van der Waals surface area contributed by atoms with E-state index in [-0.39, 0.29) is 35.6 Å². The van der Waals surface area contributed by atoms with Crippen LogP contribution in [0.2, 0.25) is 5.02 Å². The number of rotatable bonds is 11. The summed E-state index contributed by atoms with van der Waals surface area (Å²) >= 11 is 6.28. The number of nitrogens with one attached hydrogen (secondary N) is 1. The topological polar surface area (TPSA) is 168 Å². The molecule has 11 rings (SSSR count). The molecule has 8 heterocycles. The number of aryl methyl sites for hydroxylation is 2. The highest BCUT2D eigenvalue weighted by molar-refractivity contribution is 6.31. The molecule has 0 radical (unpaired) electrons. The molecule has 2 amide bonds. The maximum atomic E-state index is 14.8. The third kappa shape index (κ3) is 8.83. The van der Waals surface area contributed by atoms with Gasteiger partial charge in [0.1, 0.15) is 23.7 Å². The van der Waals surface area contributed by atoms with E-state index in [1.165, 1.54) is 5.69 Å². The Labute approximate surface area is 434 Å². The van der Waals surface area contributed by atoms with Crippen LogP contribution in [0.25, 0.3) is 11.1 Å². The third-order valence-corrected chi connectivity index (χ3v) is 16.9. The van der Waals surface area contributed by atoms with Crippen molar-refractivity contribution in [2.45, 2.75) is 124 Å². The Bertz CT molecular complexity index is 3170. The molecule has 16 nitrogen and oxygen atoms in total. The number of amides is 2. The van der Waals surface area contributed by atoms with E-state index >= 15 is 0 Å². The Morgan fingerprint density at radius 2 is 1.73 bits per heavy atom. The Morgan fingerprint density at radius 1 is 0.959 bits per heavy atom. The van der Waals surface area contributed by atoms with Gasteiger partial charge < -0.3 is 29.3 Å². The number of imidazole rings is 1. The Kier molecular flexibility index (Phi) is 12.7. The van der Waals surface area contributed by atoms with Crippen molar-refractivity contribution in [2.75, 3.05) is 36.0 Å². The summed E-state index contributed by atoms with van der Waals surface area (Å²) in [5, 5.41) is 22.5. The van der Waals surface area contributed by atoms with Crippen LogP contribution in [-0.4, -0.2) is 94.1 Å². The average molecular weight is 1030 g/mol. The number of ether oxygens (including phenoxy) is 1.